The fraction of sp³-hybridized carbons (Fsp3) is 0.769. The Balaban J connectivity index is 2.05. The van der Waals surface area contributed by atoms with Crippen LogP contribution in [0.2, 0.25) is 5.02 Å². The summed E-state index contributed by atoms with van der Waals surface area (Å²) in [6.45, 7) is 2.44. The van der Waals surface area contributed by atoms with Gasteiger partial charge in [-0.3, -0.25) is 4.68 Å². The third kappa shape index (κ3) is 3.11. The number of aliphatic hydroxyl groups is 1. The maximum Gasteiger partial charge on any atom is 0.391 e. The van der Waals surface area contributed by atoms with Crippen LogP contribution in [0.4, 0.5) is 13.2 Å². The molecule has 0 saturated heterocycles. The van der Waals surface area contributed by atoms with Crippen molar-refractivity contribution in [2.45, 2.75) is 51.4 Å². The summed E-state index contributed by atoms with van der Waals surface area (Å²) in [6, 6.07) is 0. The third-order valence-corrected chi connectivity index (χ3v) is 4.39. The number of aryl methyl sites for hydroxylation is 1. The predicted octanol–water partition coefficient (Wildman–Crippen LogP) is 3.96. The maximum absolute atomic E-state index is 12.6. The van der Waals surface area contributed by atoms with Crippen molar-refractivity contribution in [3.63, 3.8) is 0 Å². The minimum absolute atomic E-state index is 0.0725. The molecule has 3 nitrogen and oxygen atoms in total. The van der Waals surface area contributed by atoms with Crippen molar-refractivity contribution in [2.75, 3.05) is 0 Å². The van der Waals surface area contributed by atoms with Crippen molar-refractivity contribution < 1.29 is 18.3 Å². The molecule has 0 amide bonds. The molecule has 0 radical (unpaired) electrons. The average Bonchev–Trinajstić information content (AvgIpc) is 2.78. The van der Waals surface area contributed by atoms with Gasteiger partial charge >= 0.3 is 6.18 Å². The fourth-order valence-corrected chi connectivity index (χ4v) is 3.16. The van der Waals surface area contributed by atoms with E-state index in [1.807, 2.05) is 6.92 Å². The van der Waals surface area contributed by atoms with Gasteiger partial charge in [0, 0.05) is 6.54 Å². The molecule has 0 spiro atoms. The molecule has 1 saturated carbocycles. The summed E-state index contributed by atoms with van der Waals surface area (Å²) >= 11 is 6.02. The summed E-state index contributed by atoms with van der Waals surface area (Å²) in [5.74, 6) is -1.43. The van der Waals surface area contributed by atoms with Crippen LogP contribution >= 0.6 is 11.6 Å². The van der Waals surface area contributed by atoms with Crippen LogP contribution in [0.1, 0.15) is 44.4 Å². The van der Waals surface area contributed by atoms with Crippen LogP contribution in [-0.4, -0.2) is 21.1 Å². The van der Waals surface area contributed by atoms with Crippen molar-refractivity contribution >= 4 is 11.6 Å². The molecular formula is C13H18ClF3N2O. The molecule has 1 N–H and O–H groups in total. The van der Waals surface area contributed by atoms with Gasteiger partial charge in [0.25, 0.3) is 0 Å². The minimum atomic E-state index is -4.13. The maximum atomic E-state index is 12.6. The molecule has 2 rings (SSSR count). The molecule has 0 aromatic carbocycles. The quantitative estimate of drug-likeness (QED) is 0.917. The molecule has 1 aromatic heterocycles. The minimum Gasteiger partial charge on any atom is -0.386 e. The highest BCUT2D eigenvalue weighted by Crippen LogP contribution is 2.43. The van der Waals surface area contributed by atoms with E-state index in [1.54, 1.807) is 4.68 Å². The first-order valence-corrected chi connectivity index (χ1v) is 7.18. The largest absolute Gasteiger partial charge is 0.391 e. The second-order valence-electron chi connectivity index (χ2n) is 5.29. The van der Waals surface area contributed by atoms with E-state index >= 15 is 0 Å². The Hall–Kier alpha value is -0.750. The van der Waals surface area contributed by atoms with Crippen molar-refractivity contribution in [2.24, 2.45) is 11.8 Å². The molecule has 7 heteroatoms. The van der Waals surface area contributed by atoms with Crippen LogP contribution in [-0.2, 0) is 6.54 Å². The normalized spacial score (nSPS) is 25.7. The predicted molar refractivity (Wildman–Crippen MR) is 69.4 cm³/mol. The Morgan fingerprint density at radius 1 is 1.40 bits per heavy atom. The highest BCUT2D eigenvalue weighted by molar-refractivity contribution is 6.31. The second-order valence-corrected chi connectivity index (χ2v) is 5.70. The molecule has 1 heterocycles. The zero-order valence-corrected chi connectivity index (χ0v) is 12.0. The van der Waals surface area contributed by atoms with Gasteiger partial charge in [0.05, 0.1) is 28.9 Å². The monoisotopic (exact) mass is 310 g/mol. The smallest absolute Gasteiger partial charge is 0.386 e. The van der Waals surface area contributed by atoms with Gasteiger partial charge in [-0.1, -0.05) is 11.6 Å². The van der Waals surface area contributed by atoms with Crippen molar-refractivity contribution in [3.05, 3.63) is 16.9 Å². The number of halogens is 4. The van der Waals surface area contributed by atoms with Crippen molar-refractivity contribution in [1.82, 2.24) is 9.78 Å². The molecule has 0 bridgehead atoms. The molecule has 1 aliphatic rings. The van der Waals surface area contributed by atoms with Gasteiger partial charge in [0.2, 0.25) is 0 Å². The molecule has 20 heavy (non-hydrogen) atoms. The van der Waals surface area contributed by atoms with E-state index < -0.39 is 18.2 Å². The summed E-state index contributed by atoms with van der Waals surface area (Å²) in [6.07, 6.45) is -2.65. The first kappa shape index (κ1) is 15.6. The van der Waals surface area contributed by atoms with E-state index in [0.717, 1.165) is 0 Å². The number of rotatable bonds is 3. The first-order valence-electron chi connectivity index (χ1n) is 6.80. The van der Waals surface area contributed by atoms with Crippen LogP contribution in [0, 0.1) is 11.8 Å². The van der Waals surface area contributed by atoms with E-state index in [-0.39, 0.29) is 18.8 Å². The Kier molecular flexibility index (Phi) is 4.64. The number of hydrogen-bond donors (Lipinski definition) is 1. The lowest BCUT2D eigenvalue weighted by molar-refractivity contribution is -0.186. The summed E-state index contributed by atoms with van der Waals surface area (Å²) in [4.78, 5) is 0. The van der Waals surface area contributed by atoms with E-state index in [0.29, 0.717) is 30.1 Å². The van der Waals surface area contributed by atoms with Crippen molar-refractivity contribution in [1.29, 1.82) is 0 Å². The van der Waals surface area contributed by atoms with E-state index in [2.05, 4.69) is 5.10 Å². The van der Waals surface area contributed by atoms with Gasteiger partial charge in [0.15, 0.2) is 0 Å². The topological polar surface area (TPSA) is 38.0 Å². The van der Waals surface area contributed by atoms with Crippen LogP contribution < -0.4 is 0 Å². The van der Waals surface area contributed by atoms with Gasteiger partial charge in [-0.15, -0.1) is 0 Å². The molecular weight excluding hydrogens is 293 g/mol. The zero-order valence-electron chi connectivity index (χ0n) is 11.2. The second kappa shape index (κ2) is 5.93. The number of hydrogen-bond acceptors (Lipinski definition) is 2. The SMILES string of the molecule is CCn1ncc(Cl)c1C(O)C1CCC(C(F)(F)F)CC1. The number of aliphatic hydroxyl groups excluding tert-OH is 1. The van der Waals surface area contributed by atoms with E-state index in [4.69, 9.17) is 11.6 Å². The highest BCUT2D eigenvalue weighted by Gasteiger charge is 2.43. The van der Waals surface area contributed by atoms with Crippen LogP contribution in [0.25, 0.3) is 0 Å². The molecule has 1 unspecified atom stereocenters. The average molecular weight is 311 g/mol. The van der Waals surface area contributed by atoms with E-state index in [9.17, 15) is 18.3 Å². The third-order valence-electron chi connectivity index (χ3n) is 4.09. The fourth-order valence-electron chi connectivity index (χ4n) is 2.90. The number of aromatic nitrogens is 2. The Labute approximate surface area is 120 Å². The zero-order chi connectivity index (χ0) is 14.9. The van der Waals surface area contributed by atoms with Gasteiger partial charge in [-0.25, -0.2) is 0 Å². The lowest BCUT2D eigenvalue weighted by Gasteiger charge is -2.32. The Bertz CT molecular complexity index is 453. The molecule has 1 aromatic rings. The molecule has 1 aliphatic carbocycles. The van der Waals surface area contributed by atoms with Crippen molar-refractivity contribution in [3.8, 4) is 0 Å². The molecule has 114 valence electrons. The summed E-state index contributed by atoms with van der Waals surface area (Å²) in [7, 11) is 0. The molecule has 1 atom stereocenters. The molecule has 0 aliphatic heterocycles. The van der Waals surface area contributed by atoms with Gasteiger partial charge < -0.3 is 5.11 Å². The summed E-state index contributed by atoms with van der Waals surface area (Å²) in [5.41, 5.74) is 0.518. The Morgan fingerprint density at radius 2 is 2.00 bits per heavy atom. The number of nitrogens with zero attached hydrogens (tertiary/aromatic N) is 2. The highest BCUT2D eigenvalue weighted by atomic mass is 35.5. The van der Waals surface area contributed by atoms with Gasteiger partial charge in [-0.2, -0.15) is 18.3 Å². The lowest BCUT2D eigenvalue weighted by Crippen LogP contribution is -2.30. The van der Waals surface area contributed by atoms with Gasteiger partial charge in [-0.05, 0) is 38.5 Å². The standard InChI is InChI=1S/C13H18ClF3N2O/c1-2-19-11(10(14)7-18-19)12(20)8-3-5-9(6-4-8)13(15,16)17/h7-9,12,20H,2-6H2,1H3. The lowest BCUT2D eigenvalue weighted by atomic mass is 9.78. The van der Waals surface area contributed by atoms with E-state index in [1.165, 1.54) is 6.20 Å². The van der Waals surface area contributed by atoms with Crippen LogP contribution in [0.15, 0.2) is 6.20 Å². The van der Waals surface area contributed by atoms with Gasteiger partial charge in [0.1, 0.15) is 0 Å². The number of alkyl halides is 3. The molecule has 1 fully saturated rings. The summed E-state index contributed by atoms with van der Waals surface area (Å²) in [5, 5.41) is 14.8. The summed E-state index contributed by atoms with van der Waals surface area (Å²) < 4.78 is 39.5. The van der Waals surface area contributed by atoms with Crippen LogP contribution in [0.3, 0.4) is 0 Å². The first-order chi connectivity index (χ1) is 9.34. The Morgan fingerprint density at radius 3 is 2.50 bits per heavy atom. The van der Waals surface area contributed by atoms with Crippen LogP contribution in [0.5, 0.6) is 0 Å².